The van der Waals surface area contributed by atoms with Crippen LogP contribution in [0.3, 0.4) is 0 Å². The predicted octanol–water partition coefficient (Wildman–Crippen LogP) is 4.19. The summed E-state index contributed by atoms with van der Waals surface area (Å²) in [6.07, 6.45) is 6.04. The first-order valence-corrected chi connectivity index (χ1v) is 7.18. The molecule has 1 fully saturated rings. The van der Waals surface area contributed by atoms with E-state index in [9.17, 15) is 4.39 Å². The lowest BCUT2D eigenvalue weighted by atomic mass is 9.80. The molecule has 0 spiro atoms. The third-order valence-electron chi connectivity index (χ3n) is 3.99. The van der Waals surface area contributed by atoms with Crippen LogP contribution in [0.5, 0.6) is 0 Å². The molecule has 2 rings (SSSR count). The maximum Gasteiger partial charge on any atom is 0.124 e. The monoisotopic (exact) mass is 269 g/mol. The molecule has 0 aliphatic heterocycles. The predicted molar refractivity (Wildman–Crippen MR) is 74.6 cm³/mol. The van der Waals surface area contributed by atoms with E-state index in [1.165, 1.54) is 37.8 Å². The van der Waals surface area contributed by atoms with E-state index in [4.69, 9.17) is 11.6 Å². The van der Waals surface area contributed by atoms with Crippen molar-refractivity contribution in [2.24, 2.45) is 5.41 Å². The Morgan fingerprint density at radius 3 is 2.67 bits per heavy atom. The van der Waals surface area contributed by atoms with Gasteiger partial charge in [-0.1, -0.05) is 37.4 Å². The third-order valence-corrected chi connectivity index (χ3v) is 4.35. The van der Waals surface area contributed by atoms with Gasteiger partial charge in [0, 0.05) is 11.6 Å². The number of nitrogens with one attached hydrogen (secondary N) is 1. The first-order valence-electron chi connectivity index (χ1n) is 6.80. The van der Waals surface area contributed by atoms with Gasteiger partial charge in [-0.05, 0) is 48.9 Å². The van der Waals surface area contributed by atoms with Crippen LogP contribution in [0.15, 0.2) is 18.2 Å². The molecular formula is C15H21ClFN. The van der Waals surface area contributed by atoms with Crippen LogP contribution in [-0.4, -0.2) is 13.1 Å². The topological polar surface area (TPSA) is 12.0 Å². The van der Waals surface area contributed by atoms with Crippen LogP contribution in [0.4, 0.5) is 4.39 Å². The van der Waals surface area contributed by atoms with E-state index in [1.54, 1.807) is 0 Å². The van der Waals surface area contributed by atoms with Crippen molar-refractivity contribution in [1.29, 1.82) is 0 Å². The fourth-order valence-corrected chi connectivity index (χ4v) is 3.23. The molecule has 1 saturated carbocycles. The molecule has 0 heterocycles. The Balaban J connectivity index is 2.13. The Kier molecular flexibility index (Phi) is 4.63. The first kappa shape index (κ1) is 13.8. The molecule has 0 bridgehead atoms. The highest BCUT2D eigenvalue weighted by Crippen LogP contribution is 2.41. The quantitative estimate of drug-likeness (QED) is 0.845. The molecule has 0 radical (unpaired) electrons. The molecule has 1 nitrogen and oxygen atoms in total. The third kappa shape index (κ3) is 3.24. The molecule has 18 heavy (non-hydrogen) atoms. The summed E-state index contributed by atoms with van der Waals surface area (Å²) in [5.41, 5.74) is 1.40. The second-order valence-electron chi connectivity index (χ2n) is 5.40. The van der Waals surface area contributed by atoms with Gasteiger partial charge in [-0.2, -0.15) is 0 Å². The fraction of sp³-hybridized carbons (Fsp3) is 0.600. The van der Waals surface area contributed by atoms with E-state index in [1.807, 2.05) is 6.07 Å². The van der Waals surface area contributed by atoms with Gasteiger partial charge in [-0.15, -0.1) is 0 Å². The van der Waals surface area contributed by atoms with Gasteiger partial charge in [0.25, 0.3) is 0 Å². The Labute approximate surface area is 114 Å². The van der Waals surface area contributed by atoms with Crippen LogP contribution < -0.4 is 5.32 Å². The van der Waals surface area contributed by atoms with Crippen LogP contribution in [0.1, 0.15) is 38.2 Å². The van der Waals surface area contributed by atoms with E-state index < -0.39 is 0 Å². The van der Waals surface area contributed by atoms with E-state index in [-0.39, 0.29) is 5.82 Å². The molecule has 0 aromatic heterocycles. The lowest BCUT2D eigenvalue weighted by molar-refractivity contribution is 0.280. The van der Waals surface area contributed by atoms with E-state index in [0.717, 1.165) is 25.1 Å². The molecule has 0 unspecified atom stereocenters. The van der Waals surface area contributed by atoms with Crippen LogP contribution in [-0.2, 0) is 6.42 Å². The molecule has 1 aliphatic carbocycles. The van der Waals surface area contributed by atoms with Crippen molar-refractivity contribution in [2.75, 3.05) is 13.1 Å². The SMILES string of the molecule is CCNCC1(Cc2ccc(F)cc2Cl)CCCC1. The lowest BCUT2D eigenvalue weighted by Gasteiger charge is -2.30. The molecule has 0 atom stereocenters. The Hall–Kier alpha value is -0.600. The van der Waals surface area contributed by atoms with Crippen molar-refractivity contribution in [1.82, 2.24) is 5.32 Å². The van der Waals surface area contributed by atoms with Crippen LogP contribution >= 0.6 is 11.6 Å². The van der Waals surface area contributed by atoms with E-state index in [2.05, 4.69) is 12.2 Å². The Morgan fingerprint density at radius 2 is 2.06 bits per heavy atom. The lowest BCUT2D eigenvalue weighted by Crippen LogP contribution is -2.34. The zero-order valence-corrected chi connectivity index (χ0v) is 11.7. The summed E-state index contributed by atoms with van der Waals surface area (Å²) in [7, 11) is 0. The second kappa shape index (κ2) is 6.03. The van der Waals surface area contributed by atoms with Crippen molar-refractivity contribution in [3.8, 4) is 0 Å². The molecule has 100 valence electrons. The zero-order valence-electron chi connectivity index (χ0n) is 10.9. The van der Waals surface area contributed by atoms with Crippen molar-refractivity contribution in [3.63, 3.8) is 0 Å². The first-order chi connectivity index (χ1) is 8.65. The summed E-state index contributed by atoms with van der Waals surface area (Å²) in [5, 5.41) is 4.03. The van der Waals surface area contributed by atoms with Crippen molar-refractivity contribution in [2.45, 2.75) is 39.0 Å². The van der Waals surface area contributed by atoms with Gasteiger partial charge in [0.1, 0.15) is 5.82 Å². The number of benzene rings is 1. The van der Waals surface area contributed by atoms with Crippen molar-refractivity contribution in [3.05, 3.63) is 34.6 Å². The molecule has 1 N–H and O–H groups in total. The minimum atomic E-state index is -0.254. The average molecular weight is 270 g/mol. The maximum absolute atomic E-state index is 13.1. The van der Waals surface area contributed by atoms with E-state index >= 15 is 0 Å². The minimum Gasteiger partial charge on any atom is -0.316 e. The highest BCUT2D eigenvalue weighted by molar-refractivity contribution is 6.31. The molecule has 0 amide bonds. The highest BCUT2D eigenvalue weighted by atomic mass is 35.5. The van der Waals surface area contributed by atoms with Crippen LogP contribution in [0.2, 0.25) is 5.02 Å². The maximum atomic E-state index is 13.1. The summed E-state index contributed by atoms with van der Waals surface area (Å²) in [5.74, 6) is -0.254. The smallest absolute Gasteiger partial charge is 0.124 e. The average Bonchev–Trinajstić information content (AvgIpc) is 2.80. The minimum absolute atomic E-state index is 0.254. The number of halogens is 2. The van der Waals surface area contributed by atoms with Gasteiger partial charge in [0.05, 0.1) is 0 Å². The van der Waals surface area contributed by atoms with Crippen LogP contribution in [0.25, 0.3) is 0 Å². The summed E-state index contributed by atoms with van der Waals surface area (Å²) in [6.45, 7) is 4.17. The highest BCUT2D eigenvalue weighted by Gasteiger charge is 2.33. The summed E-state index contributed by atoms with van der Waals surface area (Å²) in [6, 6.07) is 4.77. The largest absolute Gasteiger partial charge is 0.316 e. The molecule has 3 heteroatoms. The molecule has 1 aliphatic rings. The molecule has 1 aromatic rings. The molecular weight excluding hydrogens is 249 g/mol. The molecule has 1 aromatic carbocycles. The Bertz CT molecular complexity index is 399. The van der Waals surface area contributed by atoms with Gasteiger partial charge in [0.15, 0.2) is 0 Å². The second-order valence-corrected chi connectivity index (χ2v) is 5.81. The molecule has 0 saturated heterocycles. The van der Waals surface area contributed by atoms with Gasteiger partial charge in [-0.25, -0.2) is 4.39 Å². The number of hydrogen-bond acceptors (Lipinski definition) is 1. The van der Waals surface area contributed by atoms with Crippen LogP contribution in [0, 0.1) is 11.2 Å². The summed E-state index contributed by atoms with van der Waals surface area (Å²) >= 11 is 6.14. The fourth-order valence-electron chi connectivity index (χ4n) is 3.00. The summed E-state index contributed by atoms with van der Waals surface area (Å²) < 4.78 is 13.1. The van der Waals surface area contributed by atoms with Crippen molar-refractivity contribution < 1.29 is 4.39 Å². The number of rotatable bonds is 5. The van der Waals surface area contributed by atoms with E-state index in [0.29, 0.717) is 10.4 Å². The Morgan fingerprint density at radius 1 is 1.33 bits per heavy atom. The number of hydrogen-bond donors (Lipinski definition) is 1. The van der Waals surface area contributed by atoms with Gasteiger partial charge in [0.2, 0.25) is 0 Å². The van der Waals surface area contributed by atoms with Gasteiger partial charge in [-0.3, -0.25) is 0 Å². The zero-order chi connectivity index (χ0) is 13.0. The standard InChI is InChI=1S/C15H21ClFN/c1-2-18-11-15(7-3-4-8-15)10-12-5-6-13(17)9-14(12)16/h5-6,9,18H,2-4,7-8,10-11H2,1H3. The normalized spacial score (nSPS) is 18.2. The van der Waals surface area contributed by atoms with Gasteiger partial charge < -0.3 is 5.32 Å². The summed E-state index contributed by atoms with van der Waals surface area (Å²) in [4.78, 5) is 0. The van der Waals surface area contributed by atoms with Crippen molar-refractivity contribution >= 4 is 11.6 Å². The van der Waals surface area contributed by atoms with Gasteiger partial charge >= 0.3 is 0 Å².